The Kier molecular flexibility index (Phi) is 5.57. The van der Waals surface area contributed by atoms with Crippen molar-refractivity contribution in [3.8, 4) is 0 Å². The summed E-state index contributed by atoms with van der Waals surface area (Å²) in [6, 6.07) is -0.135. The molecule has 0 spiro atoms. The Morgan fingerprint density at radius 2 is 2.28 bits per heavy atom. The lowest BCUT2D eigenvalue weighted by molar-refractivity contribution is 0.0691. The van der Waals surface area contributed by atoms with Crippen molar-refractivity contribution in [2.75, 3.05) is 0 Å². The largest absolute Gasteiger partial charge is 0.476 e. The second-order valence-electron chi connectivity index (χ2n) is 3.95. The molecule has 0 aliphatic heterocycles. The average Bonchev–Trinajstić information content (AvgIpc) is 2.75. The van der Waals surface area contributed by atoms with E-state index >= 15 is 0 Å². The fourth-order valence-corrected chi connectivity index (χ4v) is 2.13. The van der Waals surface area contributed by atoms with Crippen LogP contribution in [0.15, 0.2) is 5.38 Å². The standard InChI is InChI=1S/C11H17N3O3S/c1-3-4-7(2)13-11(17)12-5-9-14-8(6-18-9)10(15)16/h6-7H,3-5H2,1-2H3,(H,15,16)(H2,12,13,17). The smallest absolute Gasteiger partial charge is 0.355 e. The van der Waals surface area contributed by atoms with Gasteiger partial charge in [-0.2, -0.15) is 0 Å². The summed E-state index contributed by atoms with van der Waals surface area (Å²) in [6.07, 6.45) is 1.93. The number of amides is 2. The van der Waals surface area contributed by atoms with E-state index in [1.54, 1.807) is 0 Å². The lowest BCUT2D eigenvalue weighted by Gasteiger charge is -2.12. The maximum absolute atomic E-state index is 11.5. The number of aromatic carboxylic acids is 1. The van der Waals surface area contributed by atoms with Crippen LogP contribution in [-0.4, -0.2) is 28.1 Å². The molecule has 1 heterocycles. The van der Waals surface area contributed by atoms with Crippen molar-refractivity contribution in [2.45, 2.75) is 39.3 Å². The van der Waals surface area contributed by atoms with Gasteiger partial charge in [0.2, 0.25) is 0 Å². The number of carboxylic acids is 1. The van der Waals surface area contributed by atoms with Crippen molar-refractivity contribution in [2.24, 2.45) is 0 Å². The van der Waals surface area contributed by atoms with Crippen LogP contribution in [0.4, 0.5) is 4.79 Å². The lowest BCUT2D eigenvalue weighted by atomic mass is 10.2. The highest BCUT2D eigenvalue weighted by molar-refractivity contribution is 7.09. The van der Waals surface area contributed by atoms with E-state index in [0.29, 0.717) is 5.01 Å². The van der Waals surface area contributed by atoms with Gasteiger partial charge in [0.1, 0.15) is 5.01 Å². The Balaban J connectivity index is 2.35. The average molecular weight is 271 g/mol. The van der Waals surface area contributed by atoms with Gasteiger partial charge in [-0.3, -0.25) is 0 Å². The Morgan fingerprint density at radius 3 is 2.83 bits per heavy atom. The van der Waals surface area contributed by atoms with E-state index < -0.39 is 5.97 Å². The molecule has 0 aliphatic rings. The topological polar surface area (TPSA) is 91.3 Å². The molecule has 1 atom stereocenters. The molecule has 1 aromatic rings. The number of urea groups is 1. The molecule has 0 bridgehead atoms. The number of carbonyl (C=O) groups is 2. The zero-order valence-electron chi connectivity index (χ0n) is 10.4. The molecule has 1 rings (SSSR count). The second-order valence-corrected chi connectivity index (χ2v) is 4.89. The van der Waals surface area contributed by atoms with Gasteiger partial charge in [0, 0.05) is 11.4 Å². The molecule has 0 saturated carbocycles. The summed E-state index contributed by atoms with van der Waals surface area (Å²) >= 11 is 1.21. The number of hydrogen-bond acceptors (Lipinski definition) is 4. The summed E-state index contributed by atoms with van der Waals surface area (Å²) in [4.78, 5) is 26.0. The maximum Gasteiger partial charge on any atom is 0.355 e. The highest BCUT2D eigenvalue weighted by Crippen LogP contribution is 2.09. The van der Waals surface area contributed by atoms with Gasteiger partial charge < -0.3 is 15.7 Å². The quantitative estimate of drug-likeness (QED) is 0.736. The molecule has 0 fully saturated rings. The first kappa shape index (κ1) is 14.4. The summed E-state index contributed by atoms with van der Waals surface area (Å²) < 4.78 is 0. The number of carboxylic acid groups (broad SMARTS) is 1. The van der Waals surface area contributed by atoms with E-state index in [2.05, 4.69) is 22.5 Å². The van der Waals surface area contributed by atoms with E-state index in [1.807, 2.05) is 6.92 Å². The molecule has 0 aromatic carbocycles. The molecule has 1 aromatic heterocycles. The normalized spacial score (nSPS) is 11.9. The summed E-state index contributed by atoms with van der Waals surface area (Å²) in [5.74, 6) is -1.06. The second kappa shape index (κ2) is 6.95. The van der Waals surface area contributed by atoms with Gasteiger partial charge in [0.05, 0.1) is 6.54 Å². The lowest BCUT2D eigenvalue weighted by Crippen LogP contribution is -2.40. The fraction of sp³-hybridized carbons (Fsp3) is 0.545. The first-order chi connectivity index (χ1) is 8.52. The number of nitrogens with one attached hydrogen (secondary N) is 2. The minimum Gasteiger partial charge on any atom is -0.476 e. The molecule has 7 heteroatoms. The van der Waals surface area contributed by atoms with E-state index in [4.69, 9.17) is 5.11 Å². The number of thiazole rings is 1. The van der Waals surface area contributed by atoms with Gasteiger partial charge in [-0.05, 0) is 13.3 Å². The van der Waals surface area contributed by atoms with Gasteiger partial charge in [0.15, 0.2) is 5.69 Å². The van der Waals surface area contributed by atoms with Gasteiger partial charge >= 0.3 is 12.0 Å². The van der Waals surface area contributed by atoms with Crippen molar-refractivity contribution < 1.29 is 14.7 Å². The van der Waals surface area contributed by atoms with Crippen molar-refractivity contribution in [3.63, 3.8) is 0 Å². The first-order valence-electron chi connectivity index (χ1n) is 5.75. The maximum atomic E-state index is 11.5. The Morgan fingerprint density at radius 1 is 1.56 bits per heavy atom. The minimum absolute atomic E-state index is 0.0107. The Bertz CT molecular complexity index is 419. The van der Waals surface area contributed by atoms with E-state index in [0.717, 1.165) is 12.8 Å². The van der Waals surface area contributed by atoms with E-state index in [-0.39, 0.29) is 24.3 Å². The predicted octanol–water partition coefficient (Wildman–Crippen LogP) is 1.83. The number of hydrogen-bond donors (Lipinski definition) is 3. The molecule has 100 valence electrons. The third-order valence-electron chi connectivity index (χ3n) is 2.27. The molecule has 0 aliphatic carbocycles. The minimum atomic E-state index is -1.06. The monoisotopic (exact) mass is 271 g/mol. The van der Waals surface area contributed by atoms with Gasteiger partial charge in [0.25, 0.3) is 0 Å². The Labute approximate surface area is 109 Å². The van der Waals surface area contributed by atoms with E-state index in [1.165, 1.54) is 16.7 Å². The zero-order valence-corrected chi connectivity index (χ0v) is 11.2. The van der Waals surface area contributed by atoms with Crippen LogP contribution < -0.4 is 10.6 Å². The Hall–Kier alpha value is -1.63. The SMILES string of the molecule is CCCC(C)NC(=O)NCc1nc(C(=O)O)cs1. The van der Waals surface area contributed by atoms with Crippen molar-refractivity contribution in [1.82, 2.24) is 15.6 Å². The number of aromatic nitrogens is 1. The van der Waals surface area contributed by atoms with Crippen LogP contribution in [0.2, 0.25) is 0 Å². The number of rotatable bonds is 6. The van der Waals surface area contributed by atoms with Crippen molar-refractivity contribution in [1.29, 1.82) is 0 Å². The van der Waals surface area contributed by atoms with Crippen LogP contribution in [0.3, 0.4) is 0 Å². The third kappa shape index (κ3) is 4.70. The van der Waals surface area contributed by atoms with Crippen LogP contribution >= 0.6 is 11.3 Å². The predicted molar refractivity (Wildman–Crippen MR) is 68.8 cm³/mol. The molecule has 1 unspecified atom stereocenters. The summed E-state index contributed by atoms with van der Waals surface area (Å²) in [5.41, 5.74) is 0.0107. The summed E-state index contributed by atoms with van der Waals surface area (Å²) in [5, 5.41) is 16.2. The van der Waals surface area contributed by atoms with Crippen LogP contribution in [0, 0.1) is 0 Å². The van der Waals surface area contributed by atoms with Crippen LogP contribution in [-0.2, 0) is 6.54 Å². The molecular formula is C11H17N3O3S. The molecule has 18 heavy (non-hydrogen) atoms. The van der Waals surface area contributed by atoms with Crippen LogP contribution in [0.25, 0.3) is 0 Å². The summed E-state index contributed by atoms with van der Waals surface area (Å²) in [7, 11) is 0. The highest BCUT2D eigenvalue weighted by Gasteiger charge is 2.10. The molecule has 2 amide bonds. The van der Waals surface area contributed by atoms with Crippen LogP contribution in [0.5, 0.6) is 0 Å². The van der Waals surface area contributed by atoms with Crippen LogP contribution in [0.1, 0.15) is 42.2 Å². The van der Waals surface area contributed by atoms with Crippen molar-refractivity contribution >= 4 is 23.3 Å². The fourth-order valence-electron chi connectivity index (χ4n) is 1.43. The zero-order chi connectivity index (χ0) is 13.5. The molecule has 6 nitrogen and oxygen atoms in total. The molecule has 0 saturated heterocycles. The highest BCUT2D eigenvalue weighted by atomic mass is 32.1. The summed E-state index contributed by atoms with van der Waals surface area (Å²) in [6.45, 7) is 4.23. The number of nitrogens with zero attached hydrogens (tertiary/aromatic N) is 1. The van der Waals surface area contributed by atoms with E-state index in [9.17, 15) is 9.59 Å². The first-order valence-corrected chi connectivity index (χ1v) is 6.63. The van der Waals surface area contributed by atoms with Gasteiger partial charge in [-0.1, -0.05) is 13.3 Å². The number of carbonyl (C=O) groups excluding carboxylic acids is 1. The van der Waals surface area contributed by atoms with Gasteiger partial charge in [-0.15, -0.1) is 11.3 Å². The molecule has 3 N–H and O–H groups in total. The van der Waals surface area contributed by atoms with Crippen molar-refractivity contribution in [3.05, 3.63) is 16.1 Å². The molecular weight excluding hydrogens is 254 g/mol. The third-order valence-corrected chi connectivity index (χ3v) is 3.12. The van der Waals surface area contributed by atoms with Gasteiger partial charge in [-0.25, -0.2) is 14.6 Å². The molecule has 0 radical (unpaired) electrons.